The Kier molecular flexibility index (Phi) is 4.24. The van der Waals surface area contributed by atoms with E-state index >= 15 is 0 Å². The molecule has 0 spiro atoms. The number of aromatic nitrogens is 3. The number of fused-ring (bicyclic) bond motifs is 1. The number of hydrogen-bond acceptors (Lipinski definition) is 4. The molecule has 1 N–H and O–H groups in total. The van der Waals surface area contributed by atoms with E-state index in [0.29, 0.717) is 11.4 Å². The molecule has 1 aromatic carbocycles. The third-order valence-corrected chi connectivity index (χ3v) is 3.88. The molecule has 2 heterocycles. The van der Waals surface area contributed by atoms with Crippen molar-refractivity contribution in [3.05, 3.63) is 34.9 Å². The molecule has 5 nitrogen and oxygen atoms in total. The minimum Gasteiger partial charge on any atom is -0.485 e. The molecule has 0 unspecified atom stereocenters. The first kappa shape index (κ1) is 14.1. The zero-order valence-corrected chi connectivity index (χ0v) is 12.9. The molecule has 0 amide bonds. The lowest BCUT2D eigenvalue weighted by Crippen LogP contribution is -2.25. The van der Waals surface area contributed by atoms with Crippen LogP contribution in [0.3, 0.4) is 0 Å². The number of ether oxygens (including phenoxy) is 2. The number of benzene rings is 1. The summed E-state index contributed by atoms with van der Waals surface area (Å²) in [5, 5.41) is 7.20. The maximum Gasteiger partial charge on any atom is 0.195 e. The van der Waals surface area contributed by atoms with E-state index in [1.165, 1.54) is 12.8 Å². The zero-order valence-electron chi connectivity index (χ0n) is 12.0. The number of para-hydroxylation sites is 2. The van der Waals surface area contributed by atoms with E-state index in [1.54, 1.807) is 0 Å². The van der Waals surface area contributed by atoms with Gasteiger partial charge in [0.2, 0.25) is 0 Å². The van der Waals surface area contributed by atoms with Gasteiger partial charge in [-0.2, -0.15) is 5.10 Å². The van der Waals surface area contributed by atoms with E-state index in [0.717, 1.165) is 30.3 Å². The van der Waals surface area contributed by atoms with Crippen LogP contribution in [0.4, 0.5) is 0 Å². The van der Waals surface area contributed by atoms with E-state index < -0.39 is 0 Å². The van der Waals surface area contributed by atoms with Gasteiger partial charge in [0.15, 0.2) is 28.2 Å². The number of unbranched alkanes of at least 4 members (excludes halogenated alkanes) is 2. The highest BCUT2D eigenvalue weighted by Crippen LogP contribution is 2.35. The van der Waals surface area contributed by atoms with Crippen molar-refractivity contribution in [3.63, 3.8) is 0 Å². The van der Waals surface area contributed by atoms with Gasteiger partial charge in [-0.25, -0.2) is 0 Å². The molecule has 112 valence electrons. The Balaban J connectivity index is 1.80. The van der Waals surface area contributed by atoms with Crippen LogP contribution in [0.15, 0.2) is 24.3 Å². The predicted octanol–water partition coefficient (Wildman–Crippen LogP) is 3.64. The third kappa shape index (κ3) is 2.95. The Morgan fingerprint density at radius 1 is 1.33 bits per heavy atom. The Morgan fingerprint density at radius 2 is 2.14 bits per heavy atom. The largest absolute Gasteiger partial charge is 0.485 e. The zero-order chi connectivity index (χ0) is 14.7. The predicted molar refractivity (Wildman–Crippen MR) is 82.2 cm³/mol. The topological polar surface area (TPSA) is 52.1 Å². The van der Waals surface area contributed by atoms with E-state index in [2.05, 4.69) is 17.1 Å². The molecule has 0 bridgehead atoms. The van der Waals surface area contributed by atoms with Crippen LogP contribution in [-0.4, -0.2) is 21.4 Å². The van der Waals surface area contributed by atoms with E-state index in [-0.39, 0.29) is 6.10 Å². The summed E-state index contributed by atoms with van der Waals surface area (Å²) >= 11 is 5.32. The van der Waals surface area contributed by atoms with Gasteiger partial charge in [-0.15, -0.1) is 0 Å². The number of nitrogens with zero attached hydrogens (tertiary/aromatic N) is 2. The molecule has 0 fully saturated rings. The lowest BCUT2D eigenvalue weighted by atomic mass is 10.2. The molecule has 6 heteroatoms. The second-order valence-corrected chi connectivity index (χ2v) is 5.50. The van der Waals surface area contributed by atoms with Gasteiger partial charge in [0, 0.05) is 6.54 Å². The number of rotatable bonds is 5. The Labute approximate surface area is 128 Å². The number of hydrogen-bond donors (Lipinski definition) is 1. The lowest BCUT2D eigenvalue weighted by molar-refractivity contribution is 0.0819. The summed E-state index contributed by atoms with van der Waals surface area (Å²) in [7, 11) is 0. The molecule has 1 aliphatic rings. The van der Waals surface area contributed by atoms with Gasteiger partial charge in [0.05, 0.1) is 0 Å². The van der Waals surface area contributed by atoms with Crippen molar-refractivity contribution in [2.24, 2.45) is 0 Å². The number of H-pyrrole nitrogens is 1. The maximum absolute atomic E-state index is 6.00. The van der Waals surface area contributed by atoms with Crippen molar-refractivity contribution in [1.29, 1.82) is 0 Å². The summed E-state index contributed by atoms with van der Waals surface area (Å²) < 4.78 is 14.4. The molecule has 3 rings (SSSR count). The molecular weight excluding hydrogens is 286 g/mol. The number of nitrogens with one attached hydrogen (secondary N) is 1. The summed E-state index contributed by atoms with van der Waals surface area (Å²) in [6, 6.07) is 7.68. The van der Waals surface area contributed by atoms with Gasteiger partial charge in [-0.3, -0.25) is 5.10 Å². The smallest absolute Gasteiger partial charge is 0.195 e. The van der Waals surface area contributed by atoms with Crippen LogP contribution in [-0.2, 0) is 6.54 Å². The van der Waals surface area contributed by atoms with Crippen LogP contribution >= 0.6 is 12.2 Å². The molecule has 0 saturated heterocycles. The van der Waals surface area contributed by atoms with E-state index in [4.69, 9.17) is 21.7 Å². The van der Waals surface area contributed by atoms with Crippen LogP contribution in [0, 0.1) is 4.77 Å². The minimum absolute atomic E-state index is 0.227. The van der Waals surface area contributed by atoms with Crippen LogP contribution < -0.4 is 9.47 Å². The molecule has 0 saturated carbocycles. The molecule has 2 aromatic rings. The average molecular weight is 305 g/mol. The Bertz CT molecular complexity index is 665. The second kappa shape index (κ2) is 6.30. The van der Waals surface area contributed by atoms with Crippen LogP contribution in [0.2, 0.25) is 0 Å². The third-order valence-electron chi connectivity index (χ3n) is 3.57. The summed E-state index contributed by atoms with van der Waals surface area (Å²) in [6.45, 7) is 3.50. The van der Waals surface area contributed by atoms with Crippen molar-refractivity contribution < 1.29 is 9.47 Å². The lowest BCUT2D eigenvalue weighted by Gasteiger charge is -2.26. The minimum atomic E-state index is -0.227. The van der Waals surface area contributed by atoms with E-state index in [1.807, 2.05) is 28.8 Å². The fraction of sp³-hybridized carbons (Fsp3) is 0.467. The van der Waals surface area contributed by atoms with Gasteiger partial charge in [-0.05, 0) is 30.8 Å². The number of aromatic amines is 1. The van der Waals surface area contributed by atoms with Crippen molar-refractivity contribution in [2.75, 3.05) is 6.61 Å². The van der Waals surface area contributed by atoms with Crippen LogP contribution in [0.1, 0.15) is 38.1 Å². The average Bonchev–Trinajstić information content (AvgIpc) is 2.88. The SMILES string of the molecule is CCCCCn1c([C@@H]2COc3ccccc3O2)n[nH]c1=S. The quantitative estimate of drug-likeness (QED) is 0.677. The molecule has 0 aliphatic carbocycles. The van der Waals surface area contributed by atoms with Crippen molar-refractivity contribution in [1.82, 2.24) is 14.8 Å². The summed E-state index contributed by atoms with van der Waals surface area (Å²) in [4.78, 5) is 0. The molecular formula is C15H19N3O2S. The highest BCUT2D eigenvalue weighted by molar-refractivity contribution is 7.71. The first-order valence-electron chi connectivity index (χ1n) is 7.33. The molecule has 1 aliphatic heterocycles. The second-order valence-electron chi connectivity index (χ2n) is 5.11. The monoisotopic (exact) mass is 305 g/mol. The fourth-order valence-corrected chi connectivity index (χ4v) is 2.69. The highest BCUT2D eigenvalue weighted by atomic mass is 32.1. The molecule has 21 heavy (non-hydrogen) atoms. The molecule has 1 atom stereocenters. The van der Waals surface area contributed by atoms with Crippen molar-refractivity contribution in [3.8, 4) is 11.5 Å². The van der Waals surface area contributed by atoms with Gasteiger partial charge in [0.25, 0.3) is 0 Å². The maximum atomic E-state index is 6.00. The standard InChI is InChI=1S/C15H19N3O2S/c1-2-3-6-9-18-14(16-17-15(18)21)13-10-19-11-7-4-5-8-12(11)20-13/h4-5,7-8,13H,2-3,6,9-10H2,1H3,(H,17,21)/t13-/m0/s1. The summed E-state index contributed by atoms with van der Waals surface area (Å²) in [6.07, 6.45) is 3.21. The summed E-state index contributed by atoms with van der Waals surface area (Å²) in [5.41, 5.74) is 0. The van der Waals surface area contributed by atoms with Crippen molar-refractivity contribution >= 4 is 12.2 Å². The van der Waals surface area contributed by atoms with Gasteiger partial charge in [0.1, 0.15) is 6.61 Å². The van der Waals surface area contributed by atoms with Gasteiger partial charge < -0.3 is 14.0 Å². The first-order chi connectivity index (χ1) is 10.3. The molecule has 0 radical (unpaired) electrons. The van der Waals surface area contributed by atoms with Crippen LogP contribution in [0.25, 0.3) is 0 Å². The highest BCUT2D eigenvalue weighted by Gasteiger charge is 2.26. The van der Waals surface area contributed by atoms with Gasteiger partial charge >= 0.3 is 0 Å². The van der Waals surface area contributed by atoms with Crippen molar-refractivity contribution in [2.45, 2.75) is 38.8 Å². The normalized spacial score (nSPS) is 16.9. The molecule has 1 aromatic heterocycles. The Morgan fingerprint density at radius 3 is 2.95 bits per heavy atom. The Hall–Kier alpha value is -1.82. The van der Waals surface area contributed by atoms with E-state index in [9.17, 15) is 0 Å². The van der Waals surface area contributed by atoms with Crippen LogP contribution in [0.5, 0.6) is 11.5 Å². The fourth-order valence-electron chi connectivity index (χ4n) is 2.46. The summed E-state index contributed by atoms with van der Waals surface area (Å²) in [5.74, 6) is 2.34. The van der Waals surface area contributed by atoms with Gasteiger partial charge in [-0.1, -0.05) is 31.9 Å². The first-order valence-corrected chi connectivity index (χ1v) is 7.74.